The average molecular weight is 471 g/mol. The topological polar surface area (TPSA) is 39.7 Å². The molecule has 0 unspecified atom stereocenters. The third-order valence-corrected chi connectivity index (χ3v) is 5.26. The van der Waals surface area contributed by atoms with Gasteiger partial charge in [0.05, 0.1) is 7.11 Å². The van der Waals surface area contributed by atoms with E-state index in [2.05, 4.69) is 28.2 Å². The highest BCUT2D eigenvalue weighted by atomic mass is 79.9. The van der Waals surface area contributed by atoms with Crippen LogP contribution in [0.2, 0.25) is 5.02 Å². The van der Waals surface area contributed by atoms with Gasteiger partial charge in [-0.15, -0.1) is 0 Å². The first-order chi connectivity index (χ1) is 13.7. The number of rotatable bonds is 13. The number of hydrogen-bond acceptors (Lipinski definition) is 4. The molecular formula is C22H29BrClNO3. The van der Waals surface area contributed by atoms with E-state index >= 15 is 0 Å². The van der Waals surface area contributed by atoms with E-state index in [-0.39, 0.29) is 0 Å². The largest absolute Gasteiger partial charge is 0.493 e. The number of ether oxygens (including phenoxy) is 3. The van der Waals surface area contributed by atoms with Gasteiger partial charge in [-0.25, -0.2) is 0 Å². The molecule has 0 aliphatic rings. The maximum atomic E-state index is 6.13. The maximum Gasteiger partial charge on any atom is 0.167 e. The zero-order valence-corrected chi connectivity index (χ0v) is 18.9. The number of nitrogens with one attached hydrogen (secondary N) is 1. The zero-order chi connectivity index (χ0) is 20.2. The van der Waals surface area contributed by atoms with Gasteiger partial charge in [0, 0.05) is 34.8 Å². The molecule has 0 amide bonds. The molecule has 28 heavy (non-hydrogen) atoms. The molecule has 0 fully saturated rings. The number of benzene rings is 2. The highest BCUT2D eigenvalue weighted by Gasteiger charge is 2.14. The minimum atomic E-state index is 0.447. The lowest BCUT2D eigenvalue weighted by Gasteiger charge is -2.17. The Bertz CT molecular complexity index is 710. The number of methoxy groups -OCH3 is 1. The van der Waals surface area contributed by atoms with Crippen molar-refractivity contribution in [2.75, 3.05) is 26.9 Å². The van der Waals surface area contributed by atoms with Crippen LogP contribution in [-0.2, 0) is 17.9 Å². The second-order valence-electron chi connectivity index (χ2n) is 6.47. The van der Waals surface area contributed by atoms with Gasteiger partial charge in [0.15, 0.2) is 11.5 Å². The summed E-state index contributed by atoms with van der Waals surface area (Å²) < 4.78 is 18.2. The van der Waals surface area contributed by atoms with Crippen LogP contribution in [0, 0.1) is 0 Å². The molecule has 4 nitrogen and oxygen atoms in total. The monoisotopic (exact) mass is 469 g/mol. The standard InChI is InChI=1S/C22H29BrClNO3/c1-3-4-13-27-14-5-12-25-15-19-20(23)10-11-21(26-2)22(19)28-16-17-6-8-18(24)9-7-17/h6-11,25H,3-5,12-16H2,1-2H3. The summed E-state index contributed by atoms with van der Waals surface area (Å²) >= 11 is 9.60. The second-order valence-corrected chi connectivity index (χ2v) is 7.76. The Morgan fingerprint density at radius 1 is 1.04 bits per heavy atom. The van der Waals surface area contributed by atoms with Crippen LogP contribution in [0.5, 0.6) is 11.5 Å². The molecule has 0 saturated heterocycles. The highest BCUT2D eigenvalue weighted by molar-refractivity contribution is 9.10. The second kappa shape index (κ2) is 13.0. The lowest BCUT2D eigenvalue weighted by molar-refractivity contribution is 0.128. The van der Waals surface area contributed by atoms with Gasteiger partial charge in [-0.05, 0) is 49.2 Å². The summed E-state index contributed by atoms with van der Waals surface area (Å²) in [6, 6.07) is 11.5. The Kier molecular flexibility index (Phi) is 10.7. The Balaban J connectivity index is 1.93. The van der Waals surface area contributed by atoms with Crippen LogP contribution in [-0.4, -0.2) is 26.9 Å². The van der Waals surface area contributed by atoms with E-state index in [4.69, 9.17) is 25.8 Å². The van der Waals surface area contributed by atoms with Crippen LogP contribution in [0.25, 0.3) is 0 Å². The zero-order valence-electron chi connectivity index (χ0n) is 16.6. The fourth-order valence-electron chi connectivity index (χ4n) is 2.66. The fraction of sp³-hybridized carbons (Fsp3) is 0.455. The number of hydrogen-bond donors (Lipinski definition) is 1. The predicted octanol–water partition coefficient (Wildman–Crippen LogP) is 5.99. The van der Waals surface area contributed by atoms with E-state index < -0.39 is 0 Å². The molecule has 0 aliphatic carbocycles. The minimum absolute atomic E-state index is 0.447. The molecule has 0 spiro atoms. The van der Waals surface area contributed by atoms with Gasteiger partial charge < -0.3 is 19.5 Å². The molecular weight excluding hydrogens is 442 g/mol. The van der Waals surface area contributed by atoms with E-state index in [1.165, 1.54) is 6.42 Å². The first-order valence-electron chi connectivity index (χ1n) is 9.66. The lowest BCUT2D eigenvalue weighted by atomic mass is 10.1. The van der Waals surface area contributed by atoms with Crippen LogP contribution in [0.4, 0.5) is 0 Å². The molecule has 0 aromatic heterocycles. The molecule has 0 aliphatic heterocycles. The van der Waals surface area contributed by atoms with Crippen LogP contribution in [0.3, 0.4) is 0 Å². The van der Waals surface area contributed by atoms with Gasteiger partial charge >= 0.3 is 0 Å². The molecule has 2 rings (SSSR count). The molecule has 0 heterocycles. The molecule has 0 radical (unpaired) electrons. The van der Waals surface area contributed by atoms with Crippen LogP contribution >= 0.6 is 27.5 Å². The molecule has 0 bridgehead atoms. The van der Waals surface area contributed by atoms with Crippen LogP contribution in [0.15, 0.2) is 40.9 Å². The summed E-state index contributed by atoms with van der Waals surface area (Å²) in [6.07, 6.45) is 3.27. The van der Waals surface area contributed by atoms with E-state index in [1.54, 1.807) is 7.11 Å². The summed E-state index contributed by atoms with van der Waals surface area (Å²) in [5, 5.41) is 4.18. The average Bonchev–Trinajstić information content (AvgIpc) is 2.71. The summed E-state index contributed by atoms with van der Waals surface area (Å²) in [4.78, 5) is 0. The van der Waals surface area contributed by atoms with Crippen molar-refractivity contribution in [2.45, 2.75) is 39.3 Å². The third-order valence-electron chi connectivity index (χ3n) is 4.27. The van der Waals surface area contributed by atoms with Gasteiger partial charge in [0.1, 0.15) is 6.61 Å². The summed E-state index contributed by atoms with van der Waals surface area (Å²) in [5.74, 6) is 1.47. The normalized spacial score (nSPS) is 10.9. The lowest BCUT2D eigenvalue weighted by Crippen LogP contribution is -2.18. The van der Waals surface area contributed by atoms with Gasteiger partial charge in [-0.1, -0.05) is 53.0 Å². The van der Waals surface area contributed by atoms with Crippen molar-refractivity contribution in [3.8, 4) is 11.5 Å². The fourth-order valence-corrected chi connectivity index (χ4v) is 3.24. The maximum absolute atomic E-state index is 6.13. The van der Waals surface area contributed by atoms with Crippen molar-refractivity contribution in [1.29, 1.82) is 0 Å². The van der Waals surface area contributed by atoms with E-state index in [9.17, 15) is 0 Å². The summed E-state index contributed by atoms with van der Waals surface area (Å²) in [5.41, 5.74) is 2.09. The third kappa shape index (κ3) is 7.63. The van der Waals surface area contributed by atoms with Crippen molar-refractivity contribution >= 4 is 27.5 Å². The molecule has 2 aromatic rings. The number of unbranched alkanes of at least 4 members (excludes halogenated alkanes) is 1. The molecule has 6 heteroatoms. The molecule has 0 atom stereocenters. The Morgan fingerprint density at radius 3 is 2.50 bits per heavy atom. The Labute approximate surface area is 181 Å². The predicted molar refractivity (Wildman–Crippen MR) is 119 cm³/mol. The van der Waals surface area contributed by atoms with Crippen molar-refractivity contribution in [1.82, 2.24) is 5.32 Å². The first-order valence-corrected chi connectivity index (χ1v) is 10.8. The van der Waals surface area contributed by atoms with Gasteiger partial charge in [0.2, 0.25) is 0 Å². The minimum Gasteiger partial charge on any atom is -0.493 e. The van der Waals surface area contributed by atoms with Gasteiger partial charge in [-0.3, -0.25) is 0 Å². The Hall–Kier alpha value is -1.27. The smallest absolute Gasteiger partial charge is 0.167 e. The Morgan fingerprint density at radius 2 is 1.79 bits per heavy atom. The summed E-state index contributed by atoms with van der Waals surface area (Å²) in [6.45, 7) is 5.81. The van der Waals surface area contributed by atoms with E-state index in [0.29, 0.717) is 18.2 Å². The molecule has 2 aromatic carbocycles. The van der Waals surface area contributed by atoms with E-state index in [0.717, 1.165) is 59.7 Å². The quantitative estimate of drug-likeness (QED) is 0.365. The molecule has 154 valence electrons. The van der Waals surface area contributed by atoms with Crippen molar-refractivity contribution in [3.05, 3.63) is 57.0 Å². The van der Waals surface area contributed by atoms with Gasteiger partial charge in [-0.2, -0.15) is 0 Å². The SMILES string of the molecule is CCCCOCCCNCc1c(Br)ccc(OC)c1OCc1ccc(Cl)cc1. The molecule has 0 saturated carbocycles. The summed E-state index contributed by atoms with van der Waals surface area (Å²) in [7, 11) is 1.66. The van der Waals surface area contributed by atoms with Crippen molar-refractivity contribution < 1.29 is 14.2 Å². The number of halogens is 2. The highest BCUT2D eigenvalue weighted by Crippen LogP contribution is 2.36. The van der Waals surface area contributed by atoms with Gasteiger partial charge in [0.25, 0.3) is 0 Å². The van der Waals surface area contributed by atoms with Crippen molar-refractivity contribution in [2.24, 2.45) is 0 Å². The van der Waals surface area contributed by atoms with Crippen molar-refractivity contribution in [3.63, 3.8) is 0 Å². The van der Waals surface area contributed by atoms with E-state index in [1.807, 2.05) is 36.4 Å². The van der Waals surface area contributed by atoms with Crippen LogP contribution in [0.1, 0.15) is 37.3 Å². The molecule has 1 N–H and O–H groups in total. The van der Waals surface area contributed by atoms with Crippen LogP contribution < -0.4 is 14.8 Å². The first kappa shape index (κ1) is 23.0.